The second kappa shape index (κ2) is 7.67. The molecule has 1 aromatic heterocycles. The van der Waals surface area contributed by atoms with Crippen LogP contribution in [0.4, 0.5) is 0 Å². The van der Waals surface area contributed by atoms with Crippen molar-refractivity contribution >= 4 is 0 Å². The highest BCUT2D eigenvalue weighted by molar-refractivity contribution is 5.81. The van der Waals surface area contributed by atoms with Gasteiger partial charge in [-0.25, -0.2) is 4.57 Å². The van der Waals surface area contributed by atoms with Crippen LogP contribution in [0.1, 0.15) is 22.3 Å². The Labute approximate surface area is 174 Å². The summed E-state index contributed by atoms with van der Waals surface area (Å²) >= 11 is 0. The van der Waals surface area contributed by atoms with E-state index < -0.39 is 0 Å². The van der Waals surface area contributed by atoms with Crippen LogP contribution in [-0.4, -0.2) is 0 Å². The number of pyridine rings is 1. The molecular formula is C28H28N+. The smallest absolute Gasteiger partial charge is 0.201 e. The van der Waals surface area contributed by atoms with Gasteiger partial charge >= 0.3 is 0 Å². The third-order valence-electron chi connectivity index (χ3n) is 5.92. The minimum absolute atomic E-state index is 1.24. The standard InChI is InChI=1S/C28H28N/c1-19-11-9-10-14-24(19)28-20(2)15-16-25(22(28)4)27-17-26(21(3)18-29(27)5)23-12-7-6-8-13-23/h6-18H,1-5H3/q+1. The third kappa shape index (κ3) is 3.49. The average molecular weight is 379 g/mol. The first kappa shape index (κ1) is 19.1. The zero-order valence-corrected chi connectivity index (χ0v) is 18.0. The molecule has 4 aromatic rings. The molecule has 144 valence electrons. The van der Waals surface area contributed by atoms with Gasteiger partial charge in [0, 0.05) is 17.2 Å². The van der Waals surface area contributed by atoms with Gasteiger partial charge in [-0.3, -0.25) is 0 Å². The Morgan fingerprint density at radius 3 is 2.00 bits per heavy atom. The summed E-state index contributed by atoms with van der Waals surface area (Å²) in [7, 11) is 2.14. The molecule has 0 fully saturated rings. The van der Waals surface area contributed by atoms with Crippen LogP contribution in [0.3, 0.4) is 0 Å². The minimum atomic E-state index is 1.24. The third-order valence-corrected chi connectivity index (χ3v) is 5.92. The Balaban J connectivity index is 1.95. The van der Waals surface area contributed by atoms with Crippen molar-refractivity contribution in [1.29, 1.82) is 0 Å². The first-order chi connectivity index (χ1) is 14.0. The monoisotopic (exact) mass is 378 g/mol. The molecule has 1 heteroatoms. The molecule has 0 radical (unpaired) electrons. The molecule has 0 N–H and O–H groups in total. The summed E-state index contributed by atoms with van der Waals surface area (Å²) in [4.78, 5) is 0. The first-order valence-corrected chi connectivity index (χ1v) is 10.2. The molecule has 0 aliphatic heterocycles. The van der Waals surface area contributed by atoms with Crippen LogP contribution in [-0.2, 0) is 7.05 Å². The molecule has 1 nitrogen and oxygen atoms in total. The highest BCUT2D eigenvalue weighted by Gasteiger charge is 2.20. The van der Waals surface area contributed by atoms with Crippen molar-refractivity contribution in [2.45, 2.75) is 27.7 Å². The van der Waals surface area contributed by atoms with Crippen LogP contribution in [0.25, 0.3) is 33.5 Å². The second-order valence-electron chi connectivity index (χ2n) is 7.98. The molecule has 0 amide bonds. The summed E-state index contributed by atoms with van der Waals surface area (Å²) in [5, 5.41) is 0. The molecule has 0 aliphatic carbocycles. The van der Waals surface area contributed by atoms with Gasteiger partial charge in [0.25, 0.3) is 0 Å². The lowest BCUT2D eigenvalue weighted by Gasteiger charge is -2.16. The van der Waals surface area contributed by atoms with Crippen LogP contribution >= 0.6 is 0 Å². The summed E-state index contributed by atoms with van der Waals surface area (Å²) in [5.74, 6) is 0. The summed E-state index contributed by atoms with van der Waals surface area (Å²) in [6.07, 6.45) is 2.24. The fraction of sp³-hybridized carbons (Fsp3) is 0.179. The Morgan fingerprint density at radius 1 is 0.586 bits per heavy atom. The van der Waals surface area contributed by atoms with Crippen LogP contribution in [0.15, 0.2) is 79.0 Å². The van der Waals surface area contributed by atoms with Crippen molar-refractivity contribution in [3.05, 3.63) is 101 Å². The maximum Gasteiger partial charge on any atom is 0.213 e. The number of hydrogen-bond acceptors (Lipinski definition) is 0. The molecule has 0 atom stereocenters. The predicted octanol–water partition coefficient (Wildman–Crippen LogP) is 6.75. The molecule has 4 rings (SSSR count). The summed E-state index contributed by atoms with van der Waals surface area (Å²) in [6, 6.07) is 26.2. The zero-order chi connectivity index (χ0) is 20.5. The van der Waals surface area contributed by atoms with Crippen molar-refractivity contribution < 1.29 is 4.57 Å². The highest BCUT2D eigenvalue weighted by Crippen LogP contribution is 2.36. The van der Waals surface area contributed by atoms with Crippen molar-refractivity contribution in [3.8, 4) is 33.5 Å². The van der Waals surface area contributed by atoms with E-state index in [-0.39, 0.29) is 0 Å². The molecule has 0 saturated heterocycles. The average Bonchev–Trinajstić information content (AvgIpc) is 2.71. The van der Waals surface area contributed by atoms with Crippen molar-refractivity contribution in [2.24, 2.45) is 7.05 Å². The van der Waals surface area contributed by atoms with Crippen LogP contribution < -0.4 is 4.57 Å². The summed E-state index contributed by atoms with van der Waals surface area (Å²) in [5.41, 5.74) is 13.0. The summed E-state index contributed by atoms with van der Waals surface area (Å²) < 4.78 is 2.25. The Morgan fingerprint density at radius 2 is 1.28 bits per heavy atom. The maximum absolute atomic E-state index is 2.34. The molecule has 0 spiro atoms. The van der Waals surface area contributed by atoms with Crippen LogP contribution in [0.5, 0.6) is 0 Å². The lowest BCUT2D eigenvalue weighted by Crippen LogP contribution is -2.31. The van der Waals surface area contributed by atoms with E-state index in [1.54, 1.807) is 0 Å². The molecule has 1 heterocycles. The fourth-order valence-corrected chi connectivity index (χ4v) is 4.37. The first-order valence-electron chi connectivity index (χ1n) is 10.2. The fourth-order valence-electron chi connectivity index (χ4n) is 4.37. The summed E-state index contributed by atoms with van der Waals surface area (Å²) in [6.45, 7) is 8.85. The number of hydrogen-bond donors (Lipinski definition) is 0. The molecule has 3 aromatic carbocycles. The normalized spacial score (nSPS) is 10.9. The van der Waals surface area contributed by atoms with E-state index in [0.29, 0.717) is 0 Å². The molecule has 0 saturated carbocycles. The second-order valence-corrected chi connectivity index (χ2v) is 7.98. The van der Waals surface area contributed by atoms with E-state index in [0.717, 1.165) is 0 Å². The van der Waals surface area contributed by atoms with Gasteiger partial charge < -0.3 is 0 Å². The van der Waals surface area contributed by atoms with Gasteiger partial charge in [0.1, 0.15) is 7.05 Å². The zero-order valence-electron chi connectivity index (χ0n) is 18.0. The number of rotatable bonds is 3. The van der Waals surface area contributed by atoms with Gasteiger partial charge in [0.2, 0.25) is 5.69 Å². The lowest BCUT2D eigenvalue weighted by atomic mass is 9.88. The Hall–Kier alpha value is -3.19. The van der Waals surface area contributed by atoms with Gasteiger partial charge in [-0.15, -0.1) is 0 Å². The van der Waals surface area contributed by atoms with Crippen LogP contribution in [0.2, 0.25) is 0 Å². The maximum atomic E-state index is 2.34. The minimum Gasteiger partial charge on any atom is -0.201 e. The Kier molecular flexibility index (Phi) is 5.07. The number of aromatic nitrogens is 1. The van der Waals surface area contributed by atoms with Crippen molar-refractivity contribution in [2.75, 3.05) is 0 Å². The quantitative estimate of drug-likeness (QED) is 0.347. The van der Waals surface area contributed by atoms with Gasteiger partial charge in [0.15, 0.2) is 6.20 Å². The largest absolute Gasteiger partial charge is 0.213 e. The van der Waals surface area contributed by atoms with E-state index in [1.165, 1.54) is 55.8 Å². The molecule has 29 heavy (non-hydrogen) atoms. The van der Waals surface area contributed by atoms with E-state index in [9.17, 15) is 0 Å². The van der Waals surface area contributed by atoms with Gasteiger partial charge in [-0.2, -0.15) is 0 Å². The number of benzene rings is 3. The van der Waals surface area contributed by atoms with E-state index in [1.807, 2.05) is 0 Å². The van der Waals surface area contributed by atoms with Gasteiger partial charge in [-0.05, 0) is 72.7 Å². The topological polar surface area (TPSA) is 3.88 Å². The van der Waals surface area contributed by atoms with E-state index in [2.05, 4.69) is 118 Å². The number of nitrogens with zero attached hydrogens (tertiary/aromatic N) is 1. The van der Waals surface area contributed by atoms with E-state index >= 15 is 0 Å². The molecular weight excluding hydrogens is 350 g/mol. The van der Waals surface area contributed by atoms with E-state index in [4.69, 9.17) is 0 Å². The predicted molar refractivity (Wildman–Crippen MR) is 123 cm³/mol. The molecule has 0 aliphatic rings. The molecule has 0 bridgehead atoms. The van der Waals surface area contributed by atoms with Gasteiger partial charge in [0.05, 0.1) is 0 Å². The SMILES string of the molecule is Cc1c[n+](C)c(-c2ccc(C)c(-c3ccccc3C)c2C)cc1-c1ccccc1. The van der Waals surface area contributed by atoms with Crippen molar-refractivity contribution in [3.63, 3.8) is 0 Å². The highest BCUT2D eigenvalue weighted by atomic mass is 14.9. The van der Waals surface area contributed by atoms with Crippen molar-refractivity contribution in [1.82, 2.24) is 0 Å². The van der Waals surface area contributed by atoms with Gasteiger partial charge in [-0.1, -0.05) is 60.7 Å². The van der Waals surface area contributed by atoms with Crippen LogP contribution in [0, 0.1) is 27.7 Å². The lowest BCUT2D eigenvalue weighted by molar-refractivity contribution is -0.660. The number of aryl methyl sites for hydroxylation is 4. The molecule has 0 unspecified atom stereocenters. The Bertz CT molecular complexity index is 1190.